The third-order valence-corrected chi connectivity index (χ3v) is 4.09. The number of hydrogen-bond donors (Lipinski definition) is 0. The van der Waals surface area contributed by atoms with Gasteiger partial charge in [-0.3, -0.25) is 4.79 Å². The summed E-state index contributed by atoms with van der Waals surface area (Å²) in [5, 5.41) is 5.00. The van der Waals surface area contributed by atoms with Crippen molar-refractivity contribution in [3.05, 3.63) is 64.1 Å². The van der Waals surface area contributed by atoms with Gasteiger partial charge in [-0.2, -0.15) is 9.67 Å². The largest absolute Gasteiger partial charge is 0.462 e. The molecule has 1 aromatic heterocycles. The van der Waals surface area contributed by atoms with E-state index in [1.807, 2.05) is 13.0 Å². The van der Waals surface area contributed by atoms with Gasteiger partial charge in [0, 0.05) is 5.56 Å². The van der Waals surface area contributed by atoms with E-state index in [0.29, 0.717) is 33.6 Å². The zero-order chi connectivity index (χ0) is 17.8. The second kappa shape index (κ2) is 7.68. The lowest BCUT2D eigenvalue weighted by Crippen LogP contribution is -2.16. The fourth-order valence-corrected chi connectivity index (χ4v) is 2.69. The number of carbonyl (C=O) groups is 1. The van der Waals surface area contributed by atoms with Crippen molar-refractivity contribution in [2.24, 2.45) is 0 Å². The van der Waals surface area contributed by atoms with E-state index in [0.717, 1.165) is 6.42 Å². The molecule has 0 unspecified atom stereocenters. The molecule has 0 spiro atoms. The van der Waals surface area contributed by atoms with Gasteiger partial charge >= 0.3 is 6.01 Å². The van der Waals surface area contributed by atoms with Gasteiger partial charge in [-0.25, -0.2) is 0 Å². The van der Waals surface area contributed by atoms with Crippen LogP contribution in [-0.4, -0.2) is 27.3 Å². The number of ether oxygens (including phenoxy) is 1. The summed E-state index contributed by atoms with van der Waals surface area (Å²) in [5.74, 6) is -0.0963. The van der Waals surface area contributed by atoms with Crippen molar-refractivity contribution in [1.29, 1.82) is 0 Å². The van der Waals surface area contributed by atoms with Gasteiger partial charge in [-0.15, -0.1) is 5.10 Å². The molecular formula is C18H15Cl2N3O2. The summed E-state index contributed by atoms with van der Waals surface area (Å²) in [4.78, 5) is 17.3. The highest BCUT2D eigenvalue weighted by Gasteiger charge is 2.22. The lowest BCUT2D eigenvalue weighted by atomic mass is 10.2. The second-order valence-electron chi connectivity index (χ2n) is 5.24. The number of halogens is 2. The SMILES string of the molecule is CCCOc1nc(-c2ccccc2Cl)n(C(=O)c2ccccc2Cl)n1. The average Bonchev–Trinajstić information content (AvgIpc) is 3.04. The van der Waals surface area contributed by atoms with Gasteiger partial charge in [0.1, 0.15) is 0 Å². The first-order chi connectivity index (χ1) is 12.1. The van der Waals surface area contributed by atoms with Crippen molar-refractivity contribution >= 4 is 29.1 Å². The Bertz CT molecular complexity index is 909. The molecule has 0 aliphatic rings. The molecular weight excluding hydrogens is 361 g/mol. The molecule has 0 N–H and O–H groups in total. The summed E-state index contributed by atoms with van der Waals surface area (Å²) in [6.07, 6.45) is 0.800. The maximum Gasteiger partial charge on any atom is 0.336 e. The standard InChI is InChI=1S/C18H15Cl2N3O2/c1-2-11-25-18-21-16(12-7-3-5-9-14(12)19)23(22-18)17(24)13-8-4-6-10-15(13)20/h3-10H,2,11H2,1H3. The fraction of sp³-hybridized carbons (Fsp3) is 0.167. The van der Waals surface area contributed by atoms with Crippen molar-refractivity contribution in [3.63, 3.8) is 0 Å². The Morgan fingerprint density at radius 3 is 2.44 bits per heavy atom. The van der Waals surface area contributed by atoms with Crippen LogP contribution >= 0.6 is 23.2 Å². The highest BCUT2D eigenvalue weighted by atomic mass is 35.5. The van der Waals surface area contributed by atoms with Gasteiger partial charge in [0.15, 0.2) is 5.82 Å². The Labute approximate surface area is 155 Å². The van der Waals surface area contributed by atoms with Crippen molar-refractivity contribution < 1.29 is 9.53 Å². The molecule has 0 saturated carbocycles. The summed E-state index contributed by atoms with van der Waals surface area (Å²) >= 11 is 12.4. The molecule has 0 aliphatic heterocycles. The van der Waals surface area contributed by atoms with Crippen molar-refractivity contribution in [2.45, 2.75) is 13.3 Å². The first-order valence-electron chi connectivity index (χ1n) is 7.75. The summed E-state index contributed by atoms with van der Waals surface area (Å²) in [5.41, 5.74) is 0.910. The molecule has 3 rings (SSSR count). The maximum absolute atomic E-state index is 12.9. The second-order valence-corrected chi connectivity index (χ2v) is 6.06. The molecule has 0 bridgehead atoms. The minimum Gasteiger partial charge on any atom is -0.462 e. The molecule has 5 nitrogen and oxygen atoms in total. The van der Waals surface area contributed by atoms with Crippen LogP contribution in [0, 0.1) is 0 Å². The van der Waals surface area contributed by atoms with Gasteiger partial charge in [-0.05, 0) is 30.7 Å². The Hall–Kier alpha value is -2.37. The molecule has 2 aromatic carbocycles. The number of benzene rings is 2. The van der Waals surface area contributed by atoms with Crippen molar-refractivity contribution in [3.8, 4) is 17.4 Å². The third-order valence-electron chi connectivity index (χ3n) is 3.43. The quantitative estimate of drug-likeness (QED) is 0.646. The molecule has 0 amide bonds. The van der Waals surface area contributed by atoms with Crippen LogP contribution in [0.15, 0.2) is 48.5 Å². The average molecular weight is 376 g/mol. The van der Waals surface area contributed by atoms with Crippen LogP contribution in [0.1, 0.15) is 23.7 Å². The summed E-state index contributed by atoms with van der Waals surface area (Å²) in [6.45, 7) is 2.42. The van der Waals surface area contributed by atoms with E-state index >= 15 is 0 Å². The predicted molar refractivity (Wildman–Crippen MR) is 97.4 cm³/mol. The highest BCUT2D eigenvalue weighted by molar-refractivity contribution is 6.34. The van der Waals surface area contributed by atoms with Crippen LogP contribution in [0.25, 0.3) is 11.4 Å². The zero-order valence-electron chi connectivity index (χ0n) is 13.4. The van der Waals surface area contributed by atoms with Gasteiger partial charge in [0.05, 0.1) is 22.2 Å². The summed E-state index contributed by atoms with van der Waals surface area (Å²) in [6, 6.07) is 14.0. The Morgan fingerprint density at radius 1 is 1.08 bits per heavy atom. The highest BCUT2D eigenvalue weighted by Crippen LogP contribution is 2.28. The van der Waals surface area contributed by atoms with Crippen LogP contribution in [-0.2, 0) is 0 Å². The molecule has 0 radical (unpaired) electrons. The number of nitrogens with zero attached hydrogens (tertiary/aromatic N) is 3. The van der Waals surface area contributed by atoms with Gasteiger partial charge in [0.2, 0.25) is 0 Å². The maximum atomic E-state index is 12.9. The smallest absolute Gasteiger partial charge is 0.336 e. The van der Waals surface area contributed by atoms with Crippen LogP contribution in [0.5, 0.6) is 6.01 Å². The molecule has 128 valence electrons. The molecule has 25 heavy (non-hydrogen) atoms. The lowest BCUT2D eigenvalue weighted by Gasteiger charge is -2.07. The van der Waals surface area contributed by atoms with Gasteiger partial charge < -0.3 is 4.74 Å². The Morgan fingerprint density at radius 2 is 1.76 bits per heavy atom. The van der Waals surface area contributed by atoms with E-state index in [-0.39, 0.29) is 6.01 Å². The molecule has 7 heteroatoms. The summed E-state index contributed by atoms with van der Waals surface area (Å²) < 4.78 is 6.66. The van der Waals surface area contributed by atoms with Gasteiger partial charge in [0.25, 0.3) is 5.91 Å². The lowest BCUT2D eigenvalue weighted by molar-refractivity contribution is 0.0945. The third kappa shape index (κ3) is 3.67. The number of hydrogen-bond acceptors (Lipinski definition) is 4. The van der Waals surface area contributed by atoms with Crippen molar-refractivity contribution in [1.82, 2.24) is 14.8 Å². The molecule has 0 aliphatic carbocycles. The topological polar surface area (TPSA) is 57.0 Å². The van der Waals surface area contributed by atoms with E-state index in [4.69, 9.17) is 27.9 Å². The molecule has 0 atom stereocenters. The number of rotatable bonds is 5. The Kier molecular flexibility index (Phi) is 5.36. The Balaban J connectivity index is 2.11. The molecule has 3 aromatic rings. The first-order valence-corrected chi connectivity index (χ1v) is 8.51. The normalized spacial score (nSPS) is 10.7. The zero-order valence-corrected chi connectivity index (χ0v) is 15.0. The monoisotopic (exact) mass is 375 g/mol. The van der Waals surface area contributed by atoms with E-state index in [1.165, 1.54) is 4.68 Å². The summed E-state index contributed by atoms with van der Waals surface area (Å²) in [7, 11) is 0. The first kappa shape index (κ1) is 17.5. The molecule has 1 heterocycles. The van der Waals surface area contributed by atoms with Crippen molar-refractivity contribution in [2.75, 3.05) is 6.61 Å². The van der Waals surface area contributed by atoms with Crippen LogP contribution < -0.4 is 4.74 Å². The van der Waals surface area contributed by atoms with E-state index in [2.05, 4.69) is 10.1 Å². The van der Waals surface area contributed by atoms with E-state index in [1.54, 1.807) is 42.5 Å². The van der Waals surface area contributed by atoms with Crippen LogP contribution in [0.4, 0.5) is 0 Å². The van der Waals surface area contributed by atoms with E-state index < -0.39 is 5.91 Å². The fourth-order valence-electron chi connectivity index (χ4n) is 2.25. The van der Waals surface area contributed by atoms with Crippen LogP contribution in [0.3, 0.4) is 0 Å². The van der Waals surface area contributed by atoms with Crippen LogP contribution in [0.2, 0.25) is 10.0 Å². The minimum absolute atomic E-state index is 0.122. The number of carbonyl (C=O) groups excluding carboxylic acids is 1. The number of aromatic nitrogens is 3. The van der Waals surface area contributed by atoms with Gasteiger partial charge in [-0.1, -0.05) is 54.4 Å². The minimum atomic E-state index is -0.403. The van der Waals surface area contributed by atoms with E-state index in [9.17, 15) is 4.79 Å². The molecule has 0 fully saturated rings. The predicted octanol–water partition coefficient (Wildman–Crippen LogP) is 4.73. The molecule has 0 saturated heterocycles.